The van der Waals surface area contributed by atoms with Gasteiger partial charge in [-0.2, -0.15) is 0 Å². The van der Waals surface area contributed by atoms with E-state index in [1.807, 2.05) is 6.08 Å². The van der Waals surface area contributed by atoms with Crippen molar-refractivity contribution in [3.05, 3.63) is 122 Å². The lowest BCUT2D eigenvalue weighted by molar-refractivity contribution is -0.123. The Morgan fingerprint density at radius 2 is 0.849 bits per heavy atom. The molecular weight excluding hydrogens is 651 g/mol. The van der Waals surface area contributed by atoms with Crippen molar-refractivity contribution in [1.29, 1.82) is 0 Å². The van der Waals surface area contributed by atoms with Gasteiger partial charge in [-0.15, -0.1) is 0 Å². The van der Waals surface area contributed by atoms with Gasteiger partial charge in [0, 0.05) is 6.42 Å². The minimum atomic E-state index is -0.886. The van der Waals surface area contributed by atoms with Crippen LogP contribution in [-0.2, 0) is 4.79 Å². The van der Waals surface area contributed by atoms with E-state index in [4.69, 9.17) is 0 Å². The number of allylic oxidation sites excluding steroid dienone is 19. The van der Waals surface area contributed by atoms with E-state index < -0.39 is 12.1 Å². The normalized spacial score (nSPS) is 14.3. The molecule has 0 fully saturated rings. The van der Waals surface area contributed by atoms with E-state index in [0.29, 0.717) is 6.42 Å². The van der Waals surface area contributed by atoms with E-state index in [-0.39, 0.29) is 12.5 Å². The monoisotopic (exact) mass is 730 g/mol. The summed E-state index contributed by atoms with van der Waals surface area (Å²) in [4.78, 5) is 12.4. The molecule has 0 heterocycles. The lowest BCUT2D eigenvalue weighted by Gasteiger charge is -2.19. The third kappa shape index (κ3) is 39.8. The molecule has 1 amide bonds. The van der Waals surface area contributed by atoms with Crippen LogP contribution < -0.4 is 5.32 Å². The Bertz CT molecular complexity index is 1100. The molecule has 4 heteroatoms. The number of aliphatic hydroxyl groups is 2. The summed E-state index contributed by atoms with van der Waals surface area (Å²) in [5, 5.41) is 22.9. The van der Waals surface area contributed by atoms with E-state index in [0.717, 1.165) is 96.3 Å². The van der Waals surface area contributed by atoms with Gasteiger partial charge in [0.05, 0.1) is 18.8 Å². The zero-order valence-electron chi connectivity index (χ0n) is 34.0. The SMILES string of the molecule is CC/C=C\C/C=C\C/C=C\C/C=C\C/C=C\C/C=C\C/C=C\CCCCCCCC(=O)NC(CO)C(O)/C=C/CC/C=C/CC/C=C/CCCCCC. The number of carbonyl (C=O) groups is 1. The minimum Gasteiger partial charge on any atom is -0.394 e. The largest absolute Gasteiger partial charge is 0.394 e. The predicted molar refractivity (Wildman–Crippen MR) is 234 cm³/mol. The van der Waals surface area contributed by atoms with Gasteiger partial charge >= 0.3 is 0 Å². The van der Waals surface area contributed by atoms with Crippen molar-refractivity contribution in [3.8, 4) is 0 Å². The van der Waals surface area contributed by atoms with Crippen LogP contribution in [0.2, 0.25) is 0 Å². The second-order valence-corrected chi connectivity index (χ2v) is 13.7. The number of hydrogen-bond acceptors (Lipinski definition) is 3. The summed E-state index contributed by atoms with van der Waals surface area (Å²) in [6.07, 6.45) is 67.2. The highest BCUT2D eigenvalue weighted by atomic mass is 16.3. The molecule has 0 rings (SSSR count). The lowest BCUT2D eigenvalue weighted by Crippen LogP contribution is -2.45. The van der Waals surface area contributed by atoms with Gasteiger partial charge in [-0.05, 0) is 103 Å². The number of unbranched alkanes of at least 4 members (excludes halogenated alkanes) is 11. The second kappa shape index (κ2) is 43.2. The van der Waals surface area contributed by atoms with Crippen LogP contribution in [0.5, 0.6) is 0 Å². The Hall–Kier alpha value is -3.21. The number of nitrogens with one attached hydrogen (secondary N) is 1. The predicted octanol–water partition coefficient (Wildman–Crippen LogP) is 13.4. The first kappa shape index (κ1) is 49.8. The Labute approximate surface area is 327 Å². The molecule has 0 aromatic carbocycles. The summed E-state index contributed by atoms with van der Waals surface area (Å²) >= 11 is 0. The Morgan fingerprint density at radius 3 is 1.32 bits per heavy atom. The molecule has 2 unspecified atom stereocenters. The molecule has 0 spiro atoms. The van der Waals surface area contributed by atoms with E-state index in [1.165, 1.54) is 44.9 Å². The lowest BCUT2D eigenvalue weighted by atomic mass is 10.1. The molecule has 0 radical (unpaired) electrons. The third-order valence-electron chi connectivity index (χ3n) is 8.66. The van der Waals surface area contributed by atoms with E-state index >= 15 is 0 Å². The van der Waals surface area contributed by atoms with Crippen molar-refractivity contribution >= 4 is 5.91 Å². The molecular formula is C49H79NO3. The fraction of sp³-hybridized carbons (Fsp3) is 0.571. The van der Waals surface area contributed by atoms with Crippen LogP contribution in [-0.4, -0.2) is 34.9 Å². The van der Waals surface area contributed by atoms with Gasteiger partial charge in [0.1, 0.15) is 0 Å². The first-order valence-electron chi connectivity index (χ1n) is 21.2. The van der Waals surface area contributed by atoms with Gasteiger partial charge in [0.15, 0.2) is 0 Å². The van der Waals surface area contributed by atoms with Gasteiger partial charge < -0.3 is 15.5 Å². The third-order valence-corrected chi connectivity index (χ3v) is 8.66. The highest BCUT2D eigenvalue weighted by Crippen LogP contribution is 2.09. The molecule has 53 heavy (non-hydrogen) atoms. The summed E-state index contributed by atoms with van der Waals surface area (Å²) in [5.74, 6) is -0.105. The fourth-order valence-electron chi connectivity index (χ4n) is 5.42. The molecule has 0 bridgehead atoms. The topological polar surface area (TPSA) is 69.6 Å². The van der Waals surface area contributed by atoms with Gasteiger partial charge in [-0.3, -0.25) is 4.79 Å². The number of amides is 1. The number of rotatable bonds is 36. The first-order chi connectivity index (χ1) is 26.2. The molecule has 0 aromatic rings. The summed E-state index contributed by atoms with van der Waals surface area (Å²) in [6.45, 7) is 4.12. The number of hydrogen-bond donors (Lipinski definition) is 3. The molecule has 0 saturated heterocycles. The van der Waals surface area contributed by atoms with Crippen molar-refractivity contribution < 1.29 is 15.0 Å². The van der Waals surface area contributed by atoms with Crippen LogP contribution in [0.3, 0.4) is 0 Å². The summed E-state index contributed by atoms with van der Waals surface area (Å²) in [6, 6.07) is -0.664. The van der Waals surface area contributed by atoms with Crippen molar-refractivity contribution in [2.24, 2.45) is 0 Å². The maximum Gasteiger partial charge on any atom is 0.220 e. The molecule has 2 atom stereocenters. The summed E-state index contributed by atoms with van der Waals surface area (Å²) in [7, 11) is 0. The average molecular weight is 730 g/mol. The van der Waals surface area contributed by atoms with Crippen LogP contribution >= 0.6 is 0 Å². The Kier molecular flexibility index (Phi) is 40.6. The van der Waals surface area contributed by atoms with Crippen LogP contribution in [0.25, 0.3) is 0 Å². The maximum absolute atomic E-state index is 12.4. The minimum absolute atomic E-state index is 0.105. The fourth-order valence-corrected chi connectivity index (χ4v) is 5.42. The van der Waals surface area contributed by atoms with E-state index in [9.17, 15) is 15.0 Å². The molecule has 3 N–H and O–H groups in total. The standard InChI is InChI=1S/C49H79NO3/c1-3-5-7-9-11-13-15-17-19-20-21-22-23-24-25-26-27-28-29-30-31-33-35-37-39-41-43-45-49(53)50-47(46-51)48(52)44-42-40-38-36-34-32-18-16-14-12-10-8-6-4-2/h5,7,11,13-14,16-17,19,21-22,24-25,27-28,30-31,34,36,42,44,47-48,51-52H,3-4,6,8-10,12,15,18,20,23,26,29,32-33,35,37-41,43,45-46H2,1-2H3,(H,50,53)/b7-5-,13-11-,16-14+,19-17-,22-21-,25-24-,28-27-,31-30-,36-34+,44-42+. The zero-order chi connectivity index (χ0) is 38.6. The van der Waals surface area contributed by atoms with Crippen LogP contribution in [0.4, 0.5) is 0 Å². The molecule has 0 aromatic heterocycles. The summed E-state index contributed by atoms with van der Waals surface area (Å²) in [5.41, 5.74) is 0. The molecule has 0 aliphatic rings. The Morgan fingerprint density at radius 1 is 0.472 bits per heavy atom. The first-order valence-corrected chi connectivity index (χ1v) is 21.2. The zero-order valence-corrected chi connectivity index (χ0v) is 34.0. The smallest absolute Gasteiger partial charge is 0.220 e. The van der Waals surface area contributed by atoms with Crippen LogP contribution in [0.15, 0.2) is 122 Å². The average Bonchev–Trinajstić information content (AvgIpc) is 3.16. The number of carbonyl (C=O) groups excluding carboxylic acids is 1. The second-order valence-electron chi connectivity index (χ2n) is 13.7. The number of aliphatic hydroxyl groups excluding tert-OH is 2. The molecule has 0 aliphatic carbocycles. The van der Waals surface area contributed by atoms with E-state index in [2.05, 4.69) is 129 Å². The quantitative estimate of drug-likeness (QED) is 0.0444. The molecule has 0 aliphatic heterocycles. The van der Waals surface area contributed by atoms with Gasteiger partial charge in [-0.1, -0.05) is 174 Å². The maximum atomic E-state index is 12.4. The van der Waals surface area contributed by atoms with Crippen molar-refractivity contribution in [2.45, 2.75) is 174 Å². The highest BCUT2D eigenvalue weighted by molar-refractivity contribution is 5.76. The van der Waals surface area contributed by atoms with Crippen molar-refractivity contribution in [2.75, 3.05) is 6.61 Å². The molecule has 298 valence electrons. The molecule has 0 saturated carbocycles. The van der Waals surface area contributed by atoms with Gasteiger partial charge in [0.2, 0.25) is 5.91 Å². The van der Waals surface area contributed by atoms with E-state index in [1.54, 1.807) is 6.08 Å². The van der Waals surface area contributed by atoms with Crippen LogP contribution in [0, 0.1) is 0 Å². The van der Waals surface area contributed by atoms with Crippen molar-refractivity contribution in [1.82, 2.24) is 5.32 Å². The summed E-state index contributed by atoms with van der Waals surface area (Å²) < 4.78 is 0. The molecule has 4 nitrogen and oxygen atoms in total. The van der Waals surface area contributed by atoms with Crippen LogP contribution in [0.1, 0.15) is 162 Å². The van der Waals surface area contributed by atoms with Crippen molar-refractivity contribution in [3.63, 3.8) is 0 Å². The Balaban J connectivity index is 3.76. The highest BCUT2D eigenvalue weighted by Gasteiger charge is 2.17. The van der Waals surface area contributed by atoms with Gasteiger partial charge in [0.25, 0.3) is 0 Å². The van der Waals surface area contributed by atoms with Gasteiger partial charge in [-0.25, -0.2) is 0 Å².